The second-order valence-electron chi connectivity index (χ2n) is 9.46. The minimum absolute atomic E-state index is 0.0120. The standard InChI is InChI=1S/C32H37NO8/c1-4-5-6-7-8-19-40-26-16-12-24(13-17-26)32(37)41-28-18-9-22(21-29(28)39-3)20-27(31(35)36)33-30(34)23-10-14-25(38-2)15-11-23/h9-18,21,27H,4-8,19-20H2,1-3H3,(H,33,34)(H,35,36). The Labute approximate surface area is 240 Å². The predicted octanol–water partition coefficient (Wildman–Crippen LogP) is 5.70. The molecule has 0 saturated carbocycles. The highest BCUT2D eigenvalue weighted by atomic mass is 16.6. The highest BCUT2D eigenvalue weighted by molar-refractivity contribution is 5.96. The van der Waals surface area contributed by atoms with Gasteiger partial charge in [0.05, 0.1) is 26.4 Å². The van der Waals surface area contributed by atoms with Crippen molar-refractivity contribution in [1.29, 1.82) is 0 Å². The molecule has 0 aliphatic heterocycles. The lowest BCUT2D eigenvalue weighted by atomic mass is 10.0. The van der Waals surface area contributed by atoms with Gasteiger partial charge in [-0.1, -0.05) is 38.7 Å². The molecule has 0 bridgehead atoms. The van der Waals surface area contributed by atoms with E-state index >= 15 is 0 Å². The van der Waals surface area contributed by atoms with Crippen LogP contribution in [0.2, 0.25) is 0 Å². The number of ether oxygens (including phenoxy) is 4. The van der Waals surface area contributed by atoms with Crippen LogP contribution in [-0.4, -0.2) is 49.8 Å². The lowest BCUT2D eigenvalue weighted by Gasteiger charge is -2.16. The number of rotatable bonds is 16. The fourth-order valence-corrected chi connectivity index (χ4v) is 4.08. The van der Waals surface area contributed by atoms with Crippen LogP contribution in [0, 0.1) is 0 Å². The largest absolute Gasteiger partial charge is 0.497 e. The van der Waals surface area contributed by atoms with Crippen molar-refractivity contribution in [2.75, 3.05) is 20.8 Å². The van der Waals surface area contributed by atoms with Crippen molar-refractivity contribution < 1.29 is 38.4 Å². The van der Waals surface area contributed by atoms with Crippen molar-refractivity contribution in [2.45, 2.75) is 51.5 Å². The van der Waals surface area contributed by atoms with E-state index in [0.29, 0.717) is 34.8 Å². The molecule has 2 N–H and O–H groups in total. The van der Waals surface area contributed by atoms with Gasteiger partial charge in [0.25, 0.3) is 5.91 Å². The molecule has 218 valence electrons. The molecular weight excluding hydrogens is 526 g/mol. The third-order valence-corrected chi connectivity index (χ3v) is 6.43. The predicted molar refractivity (Wildman–Crippen MR) is 154 cm³/mol. The number of carboxylic acid groups (broad SMARTS) is 1. The van der Waals surface area contributed by atoms with Gasteiger partial charge in [-0.25, -0.2) is 9.59 Å². The normalized spacial score (nSPS) is 11.3. The highest BCUT2D eigenvalue weighted by Gasteiger charge is 2.22. The molecule has 9 heteroatoms. The first-order chi connectivity index (χ1) is 19.8. The minimum Gasteiger partial charge on any atom is -0.497 e. The average Bonchev–Trinajstić information content (AvgIpc) is 2.99. The van der Waals surface area contributed by atoms with Crippen molar-refractivity contribution in [3.05, 3.63) is 83.4 Å². The molecular formula is C32H37NO8. The molecule has 0 heterocycles. The molecule has 41 heavy (non-hydrogen) atoms. The van der Waals surface area contributed by atoms with Gasteiger partial charge in [0, 0.05) is 12.0 Å². The molecule has 1 atom stereocenters. The van der Waals surface area contributed by atoms with Gasteiger partial charge < -0.3 is 29.4 Å². The fourth-order valence-electron chi connectivity index (χ4n) is 4.08. The first-order valence-corrected chi connectivity index (χ1v) is 13.6. The van der Waals surface area contributed by atoms with E-state index in [-0.39, 0.29) is 17.9 Å². The number of nitrogens with one attached hydrogen (secondary N) is 1. The van der Waals surface area contributed by atoms with Crippen LogP contribution in [0.1, 0.15) is 65.3 Å². The zero-order valence-electron chi connectivity index (χ0n) is 23.7. The first-order valence-electron chi connectivity index (χ1n) is 13.6. The lowest BCUT2D eigenvalue weighted by molar-refractivity contribution is -0.139. The summed E-state index contributed by atoms with van der Waals surface area (Å²) in [5.41, 5.74) is 1.22. The van der Waals surface area contributed by atoms with E-state index in [0.717, 1.165) is 12.8 Å². The summed E-state index contributed by atoms with van der Waals surface area (Å²) in [5.74, 6) is -0.583. The summed E-state index contributed by atoms with van der Waals surface area (Å²) >= 11 is 0. The van der Waals surface area contributed by atoms with Crippen molar-refractivity contribution in [1.82, 2.24) is 5.32 Å². The van der Waals surface area contributed by atoms with Crippen LogP contribution in [0.25, 0.3) is 0 Å². The van der Waals surface area contributed by atoms with Gasteiger partial charge in [0.1, 0.15) is 17.5 Å². The maximum Gasteiger partial charge on any atom is 0.343 e. The van der Waals surface area contributed by atoms with Crippen molar-refractivity contribution in [3.63, 3.8) is 0 Å². The van der Waals surface area contributed by atoms with E-state index < -0.39 is 23.9 Å². The Bertz CT molecular complexity index is 1290. The van der Waals surface area contributed by atoms with E-state index in [2.05, 4.69) is 12.2 Å². The molecule has 0 aliphatic rings. The summed E-state index contributed by atoms with van der Waals surface area (Å²) in [6.45, 7) is 2.81. The number of carboxylic acids is 1. The van der Waals surface area contributed by atoms with Gasteiger partial charge in [-0.3, -0.25) is 4.79 Å². The smallest absolute Gasteiger partial charge is 0.343 e. The van der Waals surface area contributed by atoms with Crippen LogP contribution >= 0.6 is 0 Å². The first kappa shape index (κ1) is 31.0. The van der Waals surface area contributed by atoms with E-state index in [1.165, 1.54) is 39.5 Å². The summed E-state index contributed by atoms with van der Waals surface area (Å²) in [6.07, 6.45) is 5.75. The molecule has 0 aromatic heterocycles. The second kappa shape index (κ2) is 15.9. The summed E-state index contributed by atoms with van der Waals surface area (Å²) in [4.78, 5) is 37.2. The van der Waals surface area contributed by atoms with Crippen LogP contribution < -0.4 is 24.3 Å². The number of carbonyl (C=O) groups excluding carboxylic acids is 2. The van der Waals surface area contributed by atoms with Crippen molar-refractivity contribution in [3.8, 4) is 23.0 Å². The SMILES string of the molecule is CCCCCCCOc1ccc(C(=O)Oc2ccc(CC(NC(=O)c3ccc(OC)cc3)C(=O)O)cc2OC)cc1. The van der Waals surface area contributed by atoms with Gasteiger partial charge in [0.15, 0.2) is 11.5 Å². The molecule has 1 unspecified atom stereocenters. The summed E-state index contributed by atoms with van der Waals surface area (Å²) in [7, 11) is 2.94. The Kier molecular flexibility index (Phi) is 12.0. The number of unbranched alkanes of at least 4 members (excludes halogenated alkanes) is 4. The molecule has 3 aromatic carbocycles. The minimum atomic E-state index is -1.19. The maximum absolute atomic E-state index is 12.8. The highest BCUT2D eigenvalue weighted by Crippen LogP contribution is 2.29. The second-order valence-corrected chi connectivity index (χ2v) is 9.46. The fraction of sp³-hybridized carbons (Fsp3) is 0.344. The quantitative estimate of drug-likeness (QED) is 0.129. The van der Waals surface area contributed by atoms with Crippen LogP contribution in [0.5, 0.6) is 23.0 Å². The number of hydrogen-bond acceptors (Lipinski definition) is 7. The van der Waals surface area contributed by atoms with Crippen LogP contribution in [0.4, 0.5) is 0 Å². The number of methoxy groups -OCH3 is 2. The Balaban J connectivity index is 1.59. The van der Waals surface area contributed by atoms with Crippen LogP contribution in [0.3, 0.4) is 0 Å². The van der Waals surface area contributed by atoms with E-state index in [4.69, 9.17) is 18.9 Å². The monoisotopic (exact) mass is 563 g/mol. The number of aliphatic carboxylic acids is 1. The third kappa shape index (κ3) is 9.56. The molecule has 0 spiro atoms. The Hall–Kier alpha value is -4.53. The summed E-state index contributed by atoms with van der Waals surface area (Å²) in [6, 6.07) is 16.6. The van der Waals surface area contributed by atoms with Gasteiger partial charge in [-0.15, -0.1) is 0 Å². The maximum atomic E-state index is 12.8. The number of amides is 1. The van der Waals surface area contributed by atoms with Gasteiger partial charge >= 0.3 is 11.9 Å². The van der Waals surface area contributed by atoms with Crippen LogP contribution in [0.15, 0.2) is 66.7 Å². The lowest BCUT2D eigenvalue weighted by Crippen LogP contribution is -2.42. The molecule has 1 amide bonds. The van der Waals surface area contributed by atoms with Crippen LogP contribution in [-0.2, 0) is 11.2 Å². The molecule has 3 aromatic rings. The van der Waals surface area contributed by atoms with Gasteiger partial charge in [0.2, 0.25) is 0 Å². The topological polar surface area (TPSA) is 120 Å². The Morgan fingerprint density at radius 2 is 1.44 bits per heavy atom. The Morgan fingerprint density at radius 1 is 0.780 bits per heavy atom. The average molecular weight is 564 g/mol. The van der Waals surface area contributed by atoms with E-state index in [1.54, 1.807) is 60.7 Å². The Morgan fingerprint density at radius 3 is 2.07 bits per heavy atom. The zero-order chi connectivity index (χ0) is 29.6. The molecule has 3 rings (SSSR count). The van der Waals surface area contributed by atoms with Crippen molar-refractivity contribution in [2.24, 2.45) is 0 Å². The molecule has 0 radical (unpaired) electrons. The molecule has 0 fully saturated rings. The third-order valence-electron chi connectivity index (χ3n) is 6.43. The van der Waals surface area contributed by atoms with E-state index in [1.807, 2.05) is 0 Å². The molecule has 9 nitrogen and oxygen atoms in total. The van der Waals surface area contributed by atoms with E-state index in [9.17, 15) is 19.5 Å². The number of carbonyl (C=O) groups is 3. The summed E-state index contributed by atoms with van der Waals surface area (Å²) in [5, 5.41) is 12.2. The number of benzene rings is 3. The number of hydrogen-bond donors (Lipinski definition) is 2. The van der Waals surface area contributed by atoms with Gasteiger partial charge in [-0.2, -0.15) is 0 Å². The molecule has 0 aliphatic carbocycles. The van der Waals surface area contributed by atoms with Gasteiger partial charge in [-0.05, 0) is 72.6 Å². The molecule has 0 saturated heterocycles. The number of esters is 1. The zero-order valence-corrected chi connectivity index (χ0v) is 23.7. The van der Waals surface area contributed by atoms with Crippen molar-refractivity contribution >= 4 is 17.8 Å². The summed E-state index contributed by atoms with van der Waals surface area (Å²) < 4.78 is 21.8.